The highest BCUT2D eigenvalue weighted by atomic mass is 15.2. The van der Waals surface area contributed by atoms with E-state index < -0.39 is 0 Å². The Bertz CT molecular complexity index is 417. The lowest BCUT2D eigenvalue weighted by atomic mass is 10.2. The highest BCUT2D eigenvalue weighted by Crippen LogP contribution is 2.08. The molecule has 1 aromatic heterocycles. The molecule has 0 saturated carbocycles. The van der Waals surface area contributed by atoms with Crippen molar-refractivity contribution in [1.82, 2.24) is 20.1 Å². The molecule has 1 heterocycles. The molecule has 1 aromatic carbocycles. The van der Waals surface area contributed by atoms with E-state index in [1.165, 1.54) is 5.56 Å². The van der Waals surface area contributed by atoms with E-state index in [4.69, 9.17) is 0 Å². The molecule has 0 radical (unpaired) electrons. The molecular formula is C12H16N4. The molecule has 0 aliphatic heterocycles. The lowest BCUT2D eigenvalue weighted by Crippen LogP contribution is -2.21. The second-order valence-corrected chi connectivity index (χ2v) is 4.07. The third kappa shape index (κ3) is 2.67. The van der Waals surface area contributed by atoms with Crippen molar-refractivity contribution in [2.75, 3.05) is 0 Å². The second kappa shape index (κ2) is 4.90. The third-order valence-electron chi connectivity index (χ3n) is 2.37. The summed E-state index contributed by atoms with van der Waals surface area (Å²) in [5, 5.41) is 10.9. The van der Waals surface area contributed by atoms with Gasteiger partial charge in [0.1, 0.15) is 12.7 Å². The summed E-state index contributed by atoms with van der Waals surface area (Å²) in [5.74, 6) is 0. The molecule has 84 valence electrons. The van der Waals surface area contributed by atoms with Gasteiger partial charge < -0.3 is 5.32 Å². The van der Waals surface area contributed by atoms with E-state index in [0.717, 1.165) is 12.2 Å². The molecular weight excluding hydrogens is 200 g/mol. The molecule has 1 N–H and O–H groups in total. The SMILES string of the molecule is CC(C)NCc1ccc(-n2cnnc2)cc1. The van der Waals surface area contributed by atoms with Crippen molar-refractivity contribution < 1.29 is 0 Å². The molecule has 16 heavy (non-hydrogen) atoms. The molecule has 0 saturated heterocycles. The van der Waals surface area contributed by atoms with Crippen LogP contribution in [0.15, 0.2) is 36.9 Å². The quantitative estimate of drug-likeness (QED) is 0.847. The van der Waals surface area contributed by atoms with Crippen LogP contribution in [0.4, 0.5) is 0 Å². The largest absolute Gasteiger partial charge is 0.310 e. The van der Waals surface area contributed by atoms with Crippen LogP contribution in [0.5, 0.6) is 0 Å². The summed E-state index contributed by atoms with van der Waals surface area (Å²) >= 11 is 0. The van der Waals surface area contributed by atoms with E-state index >= 15 is 0 Å². The Kier molecular flexibility index (Phi) is 3.31. The third-order valence-corrected chi connectivity index (χ3v) is 2.37. The van der Waals surface area contributed by atoms with Gasteiger partial charge in [0.05, 0.1) is 0 Å². The predicted molar refractivity (Wildman–Crippen MR) is 63.3 cm³/mol. The zero-order chi connectivity index (χ0) is 11.4. The molecule has 0 amide bonds. The summed E-state index contributed by atoms with van der Waals surface area (Å²) in [6.45, 7) is 5.19. The minimum atomic E-state index is 0.512. The standard InChI is InChI=1S/C12H16N4/c1-10(2)13-7-11-3-5-12(6-4-11)16-8-14-15-9-16/h3-6,8-10,13H,7H2,1-2H3. The van der Waals surface area contributed by atoms with Crippen molar-refractivity contribution in [2.24, 2.45) is 0 Å². The summed E-state index contributed by atoms with van der Waals surface area (Å²) in [6.07, 6.45) is 3.39. The molecule has 0 spiro atoms. The Morgan fingerprint density at radius 3 is 2.31 bits per heavy atom. The van der Waals surface area contributed by atoms with Crippen LogP contribution in [0, 0.1) is 0 Å². The Labute approximate surface area is 95.3 Å². The predicted octanol–water partition coefficient (Wildman–Crippen LogP) is 1.77. The summed E-state index contributed by atoms with van der Waals surface area (Å²) in [6, 6.07) is 8.88. The minimum Gasteiger partial charge on any atom is -0.310 e. The lowest BCUT2D eigenvalue weighted by molar-refractivity contribution is 0.589. The highest BCUT2D eigenvalue weighted by molar-refractivity contribution is 5.34. The van der Waals surface area contributed by atoms with E-state index in [1.807, 2.05) is 4.57 Å². The topological polar surface area (TPSA) is 42.7 Å². The van der Waals surface area contributed by atoms with E-state index in [9.17, 15) is 0 Å². The van der Waals surface area contributed by atoms with Gasteiger partial charge in [0.2, 0.25) is 0 Å². The average molecular weight is 216 g/mol. The van der Waals surface area contributed by atoms with Crippen molar-refractivity contribution >= 4 is 0 Å². The van der Waals surface area contributed by atoms with Crippen molar-refractivity contribution in [3.63, 3.8) is 0 Å². The molecule has 0 aliphatic carbocycles. The van der Waals surface area contributed by atoms with E-state index in [-0.39, 0.29) is 0 Å². The Hall–Kier alpha value is -1.68. The van der Waals surface area contributed by atoms with Crippen molar-refractivity contribution in [3.8, 4) is 5.69 Å². The fourth-order valence-corrected chi connectivity index (χ4v) is 1.44. The molecule has 4 heteroatoms. The van der Waals surface area contributed by atoms with Gasteiger partial charge in [-0.2, -0.15) is 0 Å². The Morgan fingerprint density at radius 1 is 1.12 bits per heavy atom. The van der Waals surface area contributed by atoms with E-state index in [2.05, 4.69) is 53.6 Å². The van der Waals surface area contributed by atoms with Crippen LogP contribution < -0.4 is 5.32 Å². The first-order chi connectivity index (χ1) is 7.75. The van der Waals surface area contributed by atoms with Gasteiger partial charge in [0.25, 0.3) is 0 Å². The molecule has 0 bridgehead atoms. The monoisotopic (exact) mass is 216 g/mol. The summed E-state index contributed by atoms with van der Waals surface area (Å²) in [4.78, 5) is 0. The molecule has 4 nitrogen and oxygen atoms in total. The lowest BCUT2D eigenvalue weighted by Gasteiger charge is -2.08. The van der Waals surface area contributed by atoms with Gasteiger partial charge in [-0.05, 0) is 17.7 Å². The van der Waals surface area contributed by atoms with Gasteiger partial charge in [-0.15, -0.1) is 10.2 Å². The van der Waals surface area contributed by atoms with Gasteiger partial charge in [0.15, 0.2) is 0 Å². The summed E-state index contributed by atoms with van der Waals surface area (Å²) in [7, 11) is 0. The molecule has 0 fully saturated rings. The van der Waals surface area contributed by atoms with Crippen LogP contribution in [-0.4, -0.2) is 20.8 Å². The molecule has 2 rings (SSSR count). The number of hydrogen-bond donors (Lipinski definition) is 1. The maximum absolute atomic E-state index is 3.78. The molecule has 2 aromatic rings. The first-order valence-electron chi connectivity index (χ1n) is 5.43. The summed E-state index contributed by atoms with van der Waals surface area (Å²) < 4.78 is 1.89. The number of nitrogens with one attached hydrogen (secondary N) is 1. The fourth-order valence-electron chi connectivity index (χ4n) is 1.44. The van der Waals surface area contributed by atoms with E-state index in [0.29, 0.717) is 6.04 Å². The number of rotatable bonds is 4. The molecule has 0 atom stereocenters. The smallest absolute Gasteiger partial charge is 0.123 e. The van der Waals surface area contributed by atoms with Crippen LogP contribution >= 0.6 is 0 Å². The van der Waals surface area contributed by atoms with Crippen LogP contribution in [-0.2, 0) is 6.54 Å². The van der Waals surface area contributed by atoms with Gasteiger partial charge in [-0.1, -0.05) is 26.0 Å². The van der Waals surface area contributed by atoms with Crippen LogP contribution in [0.1, 0.15) is 19.4 Å². The van der Waals surface area contributed by atoms with Crippen molar-refractivity contribution in [3.05, 3.63) is 42.5 Å². The Morgan fingerprint density at radius 2 is 1.75 bits per heavy atom. The first-order valence-corrected chi connectivity index (χ1v) is 5.43. The van der Waals surface area contributed by atoms with Crippen molar-refractivity contribution in [1.29, 1.82) is 0 Å². The normalized spacial score (nSPS) is 10.9. The Balaban J connectivity index is 2.05. The van der Waals surface area contributed by atoms with Crippen LogP contribution in [0.25, 0.3) is 5.69 Å². The first kappa shape index (κ1) is 10.8. The number of aromatic nitrogens is 3. The zero-order valence-electron chi connectivity index (χ0n) is 9.59. The van der Waals surface area contributed by atoms with Crippen LogP contribution in [0.2, 0.25) is 0 Å². The van der Waals surface area contributed by atoms with Gasteiger partial charge in [-0.25, -0.2) is 0 Å². The summed E-state index contributed by atoms with van der Waals surface area (Å²) in [5.41, 5.74) is 2.36. The van der Waals surface area contributed by atoms with Crippen LogP contribution in [0.3, 0.4) is 0 Å². The second-order valence-electron chi connectivity index (χ2n) is 4.07. The van der Waals surface area contributed by atoms with Gasteiger partial charge >= 0.3 is 0 Å². The fraction of sp³-hybridized carbons (Fsp3) is 0.333. The number of nitrogens with zero attached hydrogens (tertiary/aromatic N) is 3. The molecule has 0 unspecified atom stereocenters. The number of benzene rings is 1. The zero-order valence-corrected chi connectivity index (χ0v) is 9.59. The van der Waals surface area contributed by atoms with Gasteiger partial charge in [-0.3, -0.25) is 4.57 Å². The molecule has 0 aliphatic rings. The maximum atomic E-state index is 3.78. The minimum absolute atomic E-state index is 0.512. The maximum Gasteiger partial charge on any atom is 0.123 e. The van der Waals surface area contributed by atoms with E-state index in [1.54, 1.807) is 12.7 Å². The number of hydrogen-bond acceptors (Lipinski definition) is 3. The highest BCUT2D eigenvalue weighted by Gasteiger charge is 1.98. The van der Waals surface area contributed by atoms with Crippen molar-refractivity contribution in [2.45, 2.75) is 26.4 Å². The average Bonchev–Trinajstić information content (AvgIpc) is 2.80. The van der Waals surface area contributed by atoms with Gasteiger partial charge in [0, 0.05) is 18.3 Å².